The number of rotatable bonds is 6. The molecular formula is C12H19N3O5S. The number of aliphatic hydroxyl groups excluding tert-OH is 1. The van der Waals surface area contributed by atoms with Crippen LogP contribution in [0.3, 0.4) is 0 Å². The Morgan fingerprint density at radius 2 is 2.05 bits per heavy atom. The fourth-order valence-corrected chi connectivity index (χ4v) is 4.55. The van der Waals surface area contributed by atoms with E-state index in [1.807, 2.05) is 0 Å². The molecule has 8 nitrogen and oxygen atoms in total. The van der Waals surface area contributed by atoms with Gasteiger partial charge in [-0.3, -0.25) is 5.10 Å². The number of aromatic amines is 1. The molecule has 9 heteroatoms. The van der Waals surface area contributed by atoms with Crippen LogP contribution in [-0.2, 0) is 10.0 Å². The van der Waals surface area contributed by atoms with Crippen LogP contribution in [-0.4, -0.2) is 58.3 Å². The summed E-state index contributed by atoms with van der Waals surface area (Å²) >= 11 is 0. The van der Waals surface area contributed by atoms with Gasteiger partial charge in [-0.05, 0) is 19.8 Å². The van der Waals surface area contributed by atoms with E-state index in [0.29, 0.717) is 12.8 Å². The van der Waals surface area contributed by atoms with Crippen LogP contribution in [0.1, 0.15) is 41.7 Å². The predicted molar refractivity (Wildman–Crippen MR) is 73.5 cm³/mol. The third-order valence-electron chi connectivity index (χ3n) is 3.73. The summed E-state index contributed by atoms with van der Waals surface area (Å²) in [6.45, 7) is 1.08. The molecule has 1 aromatic heterocycles. The SMILES string of the molecule is Cc1[nH]nc(S(=O)(=O)N(CCO)C2CCCC2)c1C(=O)O. The van der Waals surface area contributed by atoms with Crippen LogP contribution in [0.2, 0.25) is 0 Å². The number of hydrogen-bond acceptors (Lipinski definition) is 5. The van der Waals surface area contributed by atoms with Crippen molar-refractivity contribution in [3.63, 3.8) is 0 Å². The molecule has 118 valence electrons. The van der Waals surface area contributed by atoms with Crippen LogP contribution >= 0.6 is 0 Å². The zero-order chi connectivity index (χ0) is 15.6. The third-order valence-corrected chi connectivity index (χ3v) is 5.62. The Balaban J connectivity index is 2.45. The second-order valence-corrected chi connectivity index (χ2v) is 6.92. The van der Waals surface area contributed by atoms with Crippen LogP contribution in [0.25, 0.3) is 0 Å². The fraction of sp³-hybridized carbons (Fsp3) is 0.667. The van der Waals surface area contributed by atoms with Crippen molar-refractivity contribution in [3.8, 4) is 0 Å². The van der Waals surface area contributed by atoms with E-state index < -0.39 is 21.0 Å². The van der Waals surface area contributed by atoms with Gasteiger partial charge in [0.2, 0.25) is 5.03 Å². The molecule has 0 atom stereocenters. The number of carboxylic acids is 1. The van der Waals surface area contributed by atoms with Crippen LogP contribution in [0.15, 0.2) is 5.03 Å². The Morgan fingerprint density at radius 1 is 1.43 bits per heavy atom. The van der Waals surface area contributed by atoms with Gasteiger partial charge < -0.3 is 10.2 Å². The summed E-state index contributed by atoms with van der Waals surface area (Å²) in [5, 5.41) is 23.9. The first-order valence-electron chi connectivity index (χ1n) is 6.80. The molecule has 0 amide bonds. The lowest BCUT2D eigenvalue weighted by atomic mass is 10.2. The molecule has 1 saturated carbocycles. The standard InChI is InChI=1S/C12H19N3O5S/c1-8-10(12(17)18)11(14-13-8)21(19,20)15(6-7-16)9-4-2-3-5-9/h9,16H,2-7H2,1H3,(H,13,14)(H,17,18). The monoisotopic (exact) mass is 317 g/mol. The molecule has 0 bridgehead atoms. The van der Waals surface area contributed by atoms with E-state index in [4.69, 9.17) is 5.11 Å². The van der Waals surface area contributed by atoms with Crippen molar-refractivity contribution in [2.24, 2.45) is 0 Å². The number of nitrogens with one attached hydrogen (secondary N) is 1. The van der Waals surface area contributed by atoms with Crippen molar-refractivity contribution in [3.05, 3.63) is 11.3 Å². The maximum Gasteiger partial charge on any atom is 0.340 e. The van der Waals surface area contributed by atoms with Crippen molar-refractivity contribution in [2.45, 2.75) is 43.7 Å². The molecule has 0 spiro atoms. The minimum atomic E-state index is -4.05. The summed E-state index contributed by atoms with van der Waals surface area (Å²) in [7, 11) is -4.05. The maximum atomic E-state index is 12.7. The highest BCUT2D eigenvalue weighted by Gasteiger charge is 2.37. The number of aromatic carboxylic acids is 1. The number of sulfonamides is 1. The molecule has 1 aromatic rings. The second kappa shape index (κ2) is 6.12. The normalized spacial score (nSPS) is 16.7. The number of aromatic nitrogens is 2. The molecular weight excluding hydrogens is 298 g/mol. The van der Waals surface area contributed by atoms with E-state index in [1.54, 1.807) is 0 Å². The molecule has 0 aliphatic heterocycles. The molecule has 1 aliphatic rings. The summed E-state index contributed by atoms with van der Waals surface area (Å²) in [4.78, 5) is 11.3. The van der Waals surface area contributed by atoms with Crippen LogP contribution < -0.4 is 0 Å². The van der Waals surface area contributed by atoms with Crippen molar-refractivity contribution in [1.29, 1.82) is 0 Å². The lowest BCUT2D eigenvalue weighted by Gasteiger charge is -2.26. The Labute approximate surface area is 122 Å². The van der Waals surface area contributed by atoms with Crippen molar-refractivity contribution >= 4 is 16.0 Å². The van der Waals surface area contributed by atoms with Gasteiger partial charge in [0.25, 0.3) is 10.0 Å². The highest BCUT2D eigenvalue weighted by molar-refractivity contribution is 7.89. The number of hydrogen-bond donors (Lipinski definition) is 3. The van der Waals surface area contributed by atoms with Crippen LogP contribution in [0.5, 0.6) is 0 Å². The Bertz CT molecular complexity index is 619. The molecule has 2 rings (SSSR count). The summed E-state index contributed by atoms with van der Waals surface area (Å²) < 4.78 is 26.6. The average Bonchev–Trinajstić information content (AvgIpc) is 3.04. The van der Waals surface area contributed by atoms with Gasteiger partial charge in [-0.15, -0.1) is 0 Å². The summed E-state index contributed by atoms with van der Waals surface area (Å²) in [5.74, 6) is -1.34. The second-order valence-electron chi connectivity index (χ2n) is 5.11. The fourth-order valence-electron chi connectivity index (χ4n) is 2.75. The smallest absolute Gasteiger partial charge is 0.340 e. The molecule has 3 N–H and O–H groups in total. The van der Waals surface area contributed by atoms with Gasteiger partial charge >= 0.3 is 5.97 Å². The van der Waals surface area contributed by atoms with Crippen molar-refractivity contribution < 1.29 is 23.4 Å². The summed E-state index contributed by atoms with van der Waals surface area (Å²) in [6.07, 6.45) is 3.27. The van der Waals surface area contributed by atoms with E-state index in [2.05, 4.69) is 10.2 Å². The lowest BCUT2D eigenvalue weighted by Crippen LogP contribution is -2.41. The van der Waals surface area contributed by atoms with E-state index >= 15 is 0 Å². The number of carbonyl (C=O) groups is 1. The van der Waals surface area contributed by atoms with Gasteiger partial charge in [0.05, 0.1) is 6.61 Å². The molecule has 1 fully saturated rings. The Morgan fingerprint density at radius 3 is 2.57 bits per heavy atom. The predicted octanol–water partition coefficient (Wildman–Crippen LogP) is 0.342. The first-order valence-corrected chi connectivity index (χ1v) is 8.24. The van der Waals surface area contributed by atoms with E-state index in [0.717, 1.165) is 12.8 Å². The lowest BCUT2D eigenvalue weighted by molar-refractivity contribution is 0.0691. The van der Waals surface area contributed by atoms with Gasteiger partial charge in [-0.1, -0.05) is 12.8 Å². The molecule has 1 aliphatic carbocycles. The first-order chi connectivity index (χ1) is 9.89. The molecule has 0 saturated heterocycles. The Kier molecular flexibility index (Phi) is 4.64. The topological polar surface area (TPSA) is 124 Å². The van der Waals surface area contributed by atoms with Gasteiger partial charge in [-0.2, -0.15) is 9.40 Å². The van der Waals surface area contributed by atoms with E-state index in [-0.39, 0.29) is 30.5 Å². The number of carboxylic acid groups (broad SMARTS) is 1. The minimum Gasteiger partial charge on any atom is -0.478 e. The average molecular weight is 317 g/mol. The molecule has 21 heavy (non-hydrogen) atoms. The zero-order valence-electron chi connectivity index (χ0n) is 11.7. The molecule has 1 heterocycles. The number of aryl methyl sites for hydroxylation is 1. The summed E-state index contributed by atoms with van der Waals surface area (Å²) in [6, 6.07) is -0.208. The molecule has 0 aromatic carbocycles. The quantitative estimate of drug-likeness (QED) is 0.695. The maximum absolute atomic E-state index is 12.7. The van der Waals surface area contributed by atoms with Gasteiger partial charge in [-0.25, -0.2) is 13.2 Å². The minimum absolute atomic E-state index is 0.0576. The van der Waals surface area contributed by atoms with E-state index in [1.165, 1.54) is 11.2 Å². The highest BCUT2D eigenvalue weighted by Crippen LogP contribution is 2.29. The number of nitrogens with zero attached hydrogens (tertiary/aromatic N) is 2. The van der Waals surface area contributed by atoms with Crippen molar-refractivity contribution in [1.82, 2.24) is 14.5 Å². The number of H-pyrrole nitrogens is 1. The zero-order valence-corrected chi connectivity index (χ0v) is 12.6. The van der Waals surface area contributed by atoms with Gasteiger partial charge in [0.1, 0.15) is 5.56 Å². The molecule has 0 radical (unpaired) electrons. The van der Waals surface area contributed by atoms with Gasteiger partial charge in [0, 0.05) is 18.3 Å². The highest BCUT2D eigenvalue weighted by atomic mass is 32.2. The largest absolute Gasteiger partial charge is 0.478 e. The molecule has 0 unspecified atom stereocenters. The van der Waals surface area contributed by atoms with E-state index in [9.17, 15) is 18.3 Å². The third kappa shape index (κ3) is 2.94. The first kappa shape index (κ1) is 15.9. The Hall–Kier alpha value is -1.45. The van der Waals surface area contributed by atoms with Crippen LogP contribution in [0.4, 0.5) is 0 Å². The van der Waals surface area contributed by atoms with Gasteiger partial charge in [0.15, 0.2) is 0 Å². The van der Waals surface area contributed by atoms with Crippen LogP contribution in [0, 0.1) is 6.92 Å². The number of aliphatic hydroxyl groups is 1. The summed E-state index contributed by atoms with van der Waals surface area (Å²) in [5.41, 5.74) is -0.146. The van der Waals surface area contributed by atoms with Crippen molar-refractivity contribution in [2.75, 3.05) is 13.2 Å².